The second-order valence-corrected chi connectivity index (χ2v) is 5.51. The number of nitrogens with two attached hydrogens (primary N) is 1. The average molecular weight is 252 g/mol. The molecule has 0 bridgehead atoms. The third kappa shape index (κ3) is 1.78. The quantitative estimate of drug-likeness (QED) is 0.892. The Morgan fingerprint density at radius 3 is 2.44 bits per heavy atom. The Labute approximate surface area is 102 Å². The molecule has 0 amide bonds. The van der Waals surface area contributed by atoms with Gasteiger partial charge < -0.3 is 10.6 Å². The lowest BCUT2D eigenvalue weighted by Crippen LogP contribution is -2.17. The summed E-state index contributed by atoms with van der Waals surface area (Å²) in [6, 6.07) is 0. The van der Waals surface area contributed by atoms with Gasteiger partial charge in [0.15, 0.2) is 10.3 Å². The molecule has 2 aromatic rings. The van der Waals surface area contributed by atoms with Crippen molar-refractivity contribution in [3.63, 3.8) is 0 Å². The van der Waals surface area contributed by atoms with Crippen LogP contribution in [0.2, 0.25) is 0 Å². The van der Waals surface area contributed by atoms with Crippen LogP contribution in [-0.4, -0.2) is 23.1 Å². The zero-order valence-corrected chi connectivity index (χ0v) is 10.4. The molecular formula is C10H12N4S2. The van der Waals surface area contributed by atoms with Crippen LogP contribution in [0.3, 0.4) is 0 Å². The Bertz CT molecular complexity index is 484. The minimum atomic E-state index is 0.603. The van der Waals surface area contributed by atoms with Gasteiger partial charge in [-0.05, 0) is 12.8 Å². The maximum Gasteiger partial charge on any atom is 0.185 e. The van der Waals surface area contributed by atoms with Gasteiger partial charge in [0.2, 0.25) is 0 Å². The molecular weight excluding hydrogens is 240 g/mol. The smallest absolute Gasteiger partial charge is 0.185 e. The molecule has 0 spiro atoms. The second-order valence-electron chi connectivity index (χ2n) is 3.78. The highest BCUT2D eigenvalue weighted by molar-refractivity contribution is 7.14. The molecule has 0 aromatic carbocycles. The third-order valence-electron chi connectivity index (χ3n) is 2.65. The lowest BCUT2D eigenvalue weighted by molar-refractivity contribution is 0.949. The summed E-state index contributed by atoms with van der Waals surface area (Å²) in [6.07, 6.45) is 2.55. The highest BCUT2D eigenvalue weighted by Crippen LogP contribution is 2.30. The summed E-state index contributed by atoms with van der Waals surface area (Å²) in [7, 11) is 0. The van der Waals surface area contributed by atoms with Crippen molar-refractivity contribution in [1.82, 2.24) is 9.97 Å². The van der Waals surface area contributed by atoms with E-state index >= 15 is 0 Å². The van der Waals surface area contributed by atoms with Crippen LogP contribution in [0.5, 0.6) is 0 Å². The maximum atomic E-state index is 5.62. The van der Waals surface area contributed by atoms with Crippen molar-refractivity contribution < 1.29 is 0 Å². The number of nitrogens with zero attached hydrogens (tertiary/aromatic N) is 3. The molecule has 1 aliphatic heterocycles. The number of hydrogen-bond donors (Lipinski definition) is 1. The van der Waals surface area contributed by atoms with E-state index in [1.165, 1.54) is 24.2 Å². The summed E-state index contributed by atoms with van der Waals surface area (Å²) in [4.78, 5) is 11.2. The van der Waals surface area contributed by atoms with E-state index in [2.05, 4.69) is 20.2 Å². The number of thiazole rings is 2. The molecule has 0 saturated carbocycles. The first-order valence-corrected chi connectivity index (χ1v) is 7.01. The minimum absolute atomic E-state index is 0.603. The van der Waals surface area contributed by atoms with Gasteiger partial charge in [0.25, 0.3) is 0 Å². The summed E-state index contributed by atoms with van der Waals surface area (Å²) in [5, 5.41) is 5.73. The molecule has 3 heterocycles. The van der Waals surface area contributed by atoms with Gasteiger partial charge in [-0.3, -0.25) is 0 Å². The molecule has 1 fully saturated rings. The SMILES string of the molecule is Nc1nc(-c2csc(N3CCCC3)n2)cs1. The van der Waals surface area contributed by atoms with Gasteiger partial charge in [0, 0.05) is 23.8 Å². The molecule has 16 heavy (non-hydrogen) atoms. The molecule has 2 aromatic heterocycles. The van der Waals surface area contributed by atoms with E-state index < -0.39 is 0 Å². The topological polar surface area (TPSA) is 55.0 Å². The van der Waals surface area contributed by atoms with E-state index in [9.17, 15) is 0 Å². The second kappa shape index (κ2) is 4.03. The van der Waals surface area contributed by atoms with Crippen molar-refractivity contribution in [2.75, 3.05) is 23.7 Å². The van der Waals surface area contributed by atoms with Crippen molar-refractivity contribution in [3.05, 3.63) is 10.8 Å². The van der Waals surface area contributed by atoms with Gasteiger partial charge in [0.1, 0.15) is 11.4 Å². The van der Waals surface area contributed by atoms with Crippen molar-refractivity contribution in [3.8, 4) is 11.4 Å². The van der Waals surface area contributed by atoms with Crippen LogP contribution in [-0.2, 0) is 0 Å². The molecule has 84 valence electrons. The Hall–Kier alpha value is -1.14. The van der Waals surface area contributed by atoms with Crippen LogP contribution in [0.15, 0.2) is 10.8 Å². The predicted octanol–water partition coefficient (Wildman–Crippen LogP) is 2.45. The van der Waals surface area contributed by atoms with Gasteiger partial charge in [0.05, 0.1) is 0 Å². The van der Waals surface area contributed by atoms with Gasteiger partial charge in [-0.1, -0.05) is 0 Å². The fraction of sp³-hybridized carbons (Fsp3) is 0.400. The van der Waals surface area contributed by atoms with Gasteiger partial charge >= 0.3 is 0 Å². The molecule has 0 radical (unpaired) electrons. The molecule has 0 aliphatic carbocycles. The first-order chi connectivity index (χ1) is 7.83. The highest BCUT2D eigenvalue weighted by atomic mass is 32.1. The van der Waals surface area contributed by atoms with E-state index in [1.807, 2.05) is 5.38 Å². The molecule has 1 aliphatic rings. The Morgan fingerprint density at radius 1 is 1.06 bits per heavy atom. The Morgan fingerprint density at radius 2 is 1.75 bits per heavy atom. The Kier molecular flexibility index (Phi) is 2.53. The maximum absolute atomic E-state index is 5.62. The van der Waals surface area contributed by atoms with Crippen LogP contribution < -0.4 is 10.6 Å². The van der Waals surface area contributed by atoms with Crippen molar-refractivity contribution in [2.45, 2.75) is 12.8 Å². The van der Waals surface area contributed by atoms with Gasteiger partial charge in [-0.25, -0.2) is 9.97 Å². The number of anilines is 2. The van der Waals surface area contributed by atoms with Crippen LogP contribution in [0.25, 0.3) is 11.4 Å². The van der Waals surface area contributed by atoms with Crippen molar-refractivity contribution >= 4 is 32.9 Å². The zero-order chi connectivity index (χ0) is 11.0. The number of nitrogen functional groups attached to an aromatic ring is 1. The fourth-order valence-corrected chi connectivity index (χ4v) is 3.27. The van der Waals surface area contributed by atoms with E-state index in [4.69, 9.17) is 5.73 Å². The summed E-state index contributed by atoms with van der Waals surface area (Å²) >= 11 is 3.15. The average Bonchev–Trinajstić information content (AvgIpc) is 2.97. The van der Waals surface area contributed by atoms with Crippen LogP contribution in [0, 0.1) is 0 Å². The first kappa shape index (κ1) is 10.0. The summed E-state index contributed by atoms with van der Waals surface area (Å²) < 4.78 is 0. The largest absolute Gasteiger partial charge is 0.375 e. The standard InChI is InChI=1S/C10H12N4S2/c11-9-12-7(5-15-9)8-6-16-10(13-8)14-3-1-2-4-14/h5-6H,1-4H2,(H2,11,12). The summed E-state index contributed by atoms with van der Waals surface area (Å²) in [5.74, 6) is 0. The molecule has 4 nitrogen and oxygen atoms in total. The summed E-state index contributed by atoms with van der Waals surface area (Å²) in [5.41, 5.74) is 7.45. The number of aromatic nitrogens is 2. The highest BCUT2D eigenvalue weighted by Gasteiger charge is 2.16. The number of rotatable bonds is 2. The van der Waals surface area contributed by atoms with Crippen molar-refractivity contribution in [2.24, 2.45) is 0 Å². The summed E-state index contributed by atoms with van der Waals surface area (Å²) in [6.45, 7) is 2.26. The Balaban J connectivity index is 1.87. The fourth-order valence-electron chi connectivity index (χ4n) is 1.84. The normalized spacial score (nSPS) is 15.9. The van der Waals surface area contributed by atoms with Gasteiger partial charge in [-0.15, -0.1) is 22.7 Å². The van der Waals surface area contributed by atoms with E-state index in [1.54, 1.807) is 11.3 Å². The molecule has 0 unspecified atom stereocenters. The molecule has 3 rings (SSSR count). The lowest BCUT2D eigenvalue weighted by Gasteiger charge is -2.11. The monoisotopic (exact) mass is 252 g/mol. The molecule has 6 heteroatoms. The van der Waals surface area contributed by atoms with Crippen LogP contribution in [0.1, 0.15) is 12.8 Å². The van der Waals surface area contributed by atoms with Crippen LogP contribution in [0.4, 0.5) is 10.3 Å². The molecule has 2 N–H and O–H groups in total. The van der Waals surface area contributed by atoms with Crippen molar-refractivity contribution in [1.29, 1.82) is 0 Å². The predicted molar refractivity (Wildman–Crippen MR) is 69.1 cm³/mol. The van der Waals surface area contributed by atoms with E-state index in [-0.39, 0.29) is 0 Å². The van der Waals surface area contributed by atoms with Crippen LogP contribution >= 0.6 is 22.7 Å². The van der Waals surface area contributed by atoms with Gasteiger partial charge in [-0.2, -0.15) is 0 Å². The zero-order valence-electron chi connectivity index (χ0n) is 8.72. The first-order valence-electron chi connectivity index (χ1n) is 5.25. The molecule has 1 saturated heterocycles. The minimum Gasteiger partial charge on any atom is -0.375 e. The lowest BCUT2D eigenvalue weighted by atomic mass is 10.4. The number of hydrogen-bond acceptors (Lipinski definition) is 6. The third-order valence-corrected chi connectivity index (χ3v) is 4.23. The molecule has 0 atom stereocenters. The van der Waals surface area contributed by atoms with E-state index in [0.29, 0.717) is 5.13 Å². The van der Waals surface area contributed by atoms with E-state index in [0.717, 1.165) is 29.6 Å².